The number of aliphatic carboxylic acids is 1. The summed E-state index contributed by atoms with van der Waals surface area (Å²) < 4.78 is 44.2. The SMILES string of the molecule is O=C(O)Cc1ccc(Cl)c(-c2ccc(C(F)(F)F)cc2)c1CNCCC(=O)OCc1ccccc1. The van der Waals surface area contributed by atoms with Crippen LogP contribution in [0.4, 0.5) is 13.2 Å². The van der Waals surface area contributed by atoms with Crippen molar-refractivity contribution in [2.45, 2.75) is 32.2 Å². The zero-order chi connectivity index (χ0) is 25.4. The summed E-state index contributed by atoms with van der Waals surface area (Å²) in [5.41, 5.74) is 1.95. The molecule has 5 nitrogen and oxygen atoms in total. The first-order chi connectivity index (χ1) is 16.6. The smallest absolute Gasteiger partial charge is 0.416 e. The van der Waals surface area contributed by atoms with Gasteiger partial charge in [-0.1, -0.05) is 60.1 Å². The van der Waals surface area contributed by atoms with Gasteiger partial charge in [-0.05, 0) is 40.5 Å². The van der Waals surface area contributed by atoms with Gasteiger partial charge in [0, 0.05) is 23.7 Å². The van der Waals surface area contributed by atoms with Crippen molar-refractivity contribution in [3.05, 3.63) is 94.0 Å². The molecule has 0 aliphatic heterocycles. The summed E-state index contributed by atoms with van der Waals surface area (Å²) in [6.07, 6.45) is -4.69. The van der Waals surface area contributed by atoms with Crippen molar-refractivity contribution in [1.82, 2.24) is 5.32 Å². The fourth-order valence-corrected chi connectivity index (χ4v) is 3.83. The molecule has 0 atom stereocenters. The highest BCUT2D eigenvalue weighted by atomic mass is 35.5. The number of carbonyl (C=O) groups is 2. The highest BCUT2D eigenvalue weighted by molar-refractivity contribution is 6.33. The Balaban J connectivity index is 1.72. The van der Waals surface area contributed by atoms with E-state index < -0.39 is 23.7 Å². The standard InChI is InChI=1S/C26H23ClF3NO4/c27-22-11-8-19(14-23(32)33)21(25(22)18-6-9-20(10-7-18)26(28,29)30)15-31-13-12-24(34)35-16-17-4-2-1-3-5-17/h1-11,31H,12-16H2,(H,32,33). The third-order valence-electron chi connectivity index (χ3n) is 5.25. The van der Waals surface area contributed by atoms with Crippen LogP contribution in [0.2, 0.25) is 5.02 Å². The minimum atomic E-state index is -4.48. The molecule has 35 heavy (non-hydrogen) atoms. The van der Waals surface area contributed by atoms with Crippen LogP contribution in [-0.2, 0) is 40.1 Å². The summed E-state index contributed by atoms with van der Waals surface area (Å²) in [5.74, 6) is -1.46. The van der Waals surface area contributed by atoms with Gasteiger partial charge in [0.1, 0.15) is 6.61 Å². The van der Waals surface area contributed by atoms with E-state index in [4.69, 9.17) is 16.3 Å². The molecule has 3 aromatic rings. The Labute approximate surface area is 205 Å². The van der Waals surface area contributed by atoms with E-state index in [0.29, 0.717) is 22.3 Å². The first kappa shape index (κ1) is 26.2. The zero-order valence-electron chi connectivity index (χ0n) is 18.6. The van der Waals surface area contributed by atoms with Crippen molar-refractivity contribution in [1.29, 1.82) is 0 Å². The Kier molecular flexibility index (Phi) is 8.89. The molecule has 184 valence electrons. The van der Waals surface area contributed by atoms with Gasteiger partial charge < -0.3 is 15.2 Å². The Bertz CT molecular complexity index is 1170. The molecule has 0 radical (unpaired) electrons. The fraction of sp³-hybridized carbons (Fsp3) is 0.231. The van der Waals surface area contributed by atoms with E-state index in [1.165, 1.54) is 18.2 Å². The lowest BCUT2D eigenvalue weighted by molar-refractivity contribution is -0.145. The maximum atomic E-state index is 13.0. The summed E-state index contributed by atoms with van der Waals surface area (Å²) in [5, 5.41) is 12.7. The monoisotopic (exact) mass is 505 g/mol. The summed E-state index contributed by atoms with van der Waals surface area (Å²) in [4.78, 5) is 23.4. The number of rotatable bonds is 10. The van der Waals surface area contributed by atoms with E-state index in [-0.39, 0.29) is 37.6 Å². The molecule has 0 saturated carbocycles. The maximum Gasteiger partial charge on any atom is 0.416 e. The molecular weight excluding hydrogens is 483 g/mol. The van der Waals surface area contributed by atoms with Crippen LogP contribution >= 0.6 is 11.6 Å². The summed E-state index contributed by atoms with van der Waals surface area (Å²) >= 11 is 6.39. The molecule has 0 spiro atoms. The van der Waals surface area contributed by atoms with Crippen LogP contribution < -0.4 is 5.32 Å². The number of esters is 1. The lowest BCUT2D eigenvalue weighted by atomic mass is 9.93. The van der Waals surface area contributed by atoms with Crippen molar-refractivity contribution >= 4 is 23.5 Å². The number of hydrogen-bond acceptors (Lipinski definition) is 4. The highest BCUT2D eigenvalue weighted by Gasteiger charge is 2.30. The van der Waals surface area contributed by atoms with E-state index in [0.717, 1.165) is 17.7 Å². The number of ether oxygens (including phenoxy) is 1. The minimum absolute atomic E-state index is 0.0806. The molecule has 0 fully saturated rings. The number of hydrogen-bond donors (Lipinski definition) is 2. The average Bonchev–Trinajstić information content (AvgIpc) is 2.82. The van der Waals surface area contributed by atoms with Crippen LogP contribution in [0.3, 0.4) is 0 Å². The molecule has 0 aromatic heterocycles. The van der Waals surface area contributed by atoms with Gasteiger partial charge in [0.05, 0.1) is 18.4 Å². The number of benzene rings is 3. The van der Waals surface area contributed by atoms with E-state index in [1.807, 2.05) is 30.3 Å². The highest BCUT2D eigenvalue weighted by Crippen LogP contribution is 2.36. The van der Waals surface area contributed by atoms with Crippen molar-refractivity contribution in [2.75, 3.05) is 6.54 Å². The zero-order valence-corrected chi connectivity index (χ0v) is 19.3. The molecule has 9 heteroatoms. The number of halogens is 4. The third-order valence-corrected chi connectivity index (χ3v) is 5.57. The van der Waals surface area contributed by atoms with Crippen molar-refractivity contribution in [2.24, 2.45) is 0 Å². The molecule has 3 aromatic carbocycles. The summed E-state index contributed by atoms with van der Waals surface area (Å²) in [6, 6.07) is 16.9. The van der Waals surface area contributed by atoms with Gasteiger partial charge in [-0.15, -0.1) is 0 Å². The number of carboxylic acids is 1. The van der Waals surface area contributed by atoms with E-state index >= 15 is 0 Å². The van der Waals surface area contributed by atoms with Crippen molar-refractivity contribution in [3.8, 4) is 11.1 Å². The second-order valence-electron chi connectivity index (χ2n) is 7.78. The average molecular weight is 506 g/mol. The molecule has 0 aliphatic carbocycles. The van der Waals surface area contributed by atoms with Crippen LogP contribution in [0, 0.1) is 0 Å². The molecule has 0 saturated heterocycles. The van der Waals surface area contributed by atoms with Crippen molar-refractivity contribution < 1.29 is 32.6 Å². The Morgan fingerprint density at radius 3 is 2.29 bits per heavy atom. The van der Waals surface area contributed by atoms with Gasteiger partial charge in [-0.25, -0.2) is 0 Å². The summed E-state index contributed by atoms with van der Waals surface area (Å²) in [7, 11) is 0. The van der Waals surface area contributed by atoms with E-state index in [1.54, 1.807) is 6.07 Å². The fourth-order valence-electron chi connectivity index (χ4n) is 3.54. The van der Waals surface area contributed by atoms with Crippen LogP contribution in [0.1, 0.15) is 28.7 Å². The molecule has 2 N–H and O–H groups in total. The van der Waals surface area contributed by atoms with Crippen LogP contribution in [0.15, 0.2) is 66.7 Å². The molecule has 0 unspecified atom stereocenters. The number of alkyl halides is 3. The van der Waals surface area contributed by atoms with Gasteiger partial charge in [0.15, 0.2) is 0 Å². The normalized spacial score (nSPS) is 11.3. The van der Waals surface area contributed by atoms with Gasteiger partial charge in [0.25, 0.3) is 0 Å². The van der Waals surface area contributed by atoms with Crippen LogP contribution in [0.25, 0.3) is 11.1 Å². The second kappa shape index (κ2) is 11.9. The Morgan fingerprint density at radius 1 is 0.971 bits per heavy atom. The predicted octanol–water partition coefficient (Wildman–Crippen LogP) is 5.88. The minimum Gasteiger partial charge on any atom is -0.481 e. The lowest BCUT2D eigenvalue weighted by Crippen LogP contribution is -2.21. The summed E-state index contributed by atoms with van der Waals surface area (Å²) in [6.45, 7) is 0.569. The van der Waals surface area contributed by atoms with Crippen molar-refractivity contribution in [3.63, 3.8) is 0 Å². The lowest BCUT2D eigenvalue weighted by Gasteiger charge is -2.17. The molecule has 0 heterocycles. The number of carboxylic acid groups (broad SMARTS) is 1. The number of carbonyl (C=O) groups excluding carboxylic acids is 1. The Hall–Kier alpha value is -3.36. The van der Waals surface area contributed by atoms with Gasteiger partial charge in [-0.3, -0.25) is 9.59 Å². The molecule has 0 aliphatic rings. The molecule has 0 bridgehead atoms. The van der Waals surface area contributed by atoms with Crippen LogP contribution in [-0.4, -0.2) is 23.6 Å². The topological polar surface area (TPSA) is 75.6 Å². The molecule has 0 amide bonds. The predicted molar refractivity (Wildman–Crippen MR) is 126 cm³/mol. The first-order valence-electron chi connectivity index (χ1n) is 10.7. The van der Waals surface area contributed by atoms with Gasteiger partial charge in [-0.2, -0.15) is 13.2 Å². The van der Waals surface area contributed by atoms with E-state index in [2.05, 4.69) is 5.32 Å². The Morgan fingerprint density at radius 2 is 1.66 bits per heavy atom. The molecule has 3 rings (SSSR count). The second-order valence-corrected chi connectivity index (χ2v) is 8.19. The maximum absolute atomic E-state index is 13.0. The largest absolute Gasteiger partial charge is 0.481 e. The van der Waals surface area contributed by atoms with E-state index in [9.17, 15) is 27.9 Å². The van der Waals surface area contributed by atoms with Gasteiger partial charge in [0.2, 0.25) is 0 Å². The number of nitrogens with one attached hydrogen (secondary N) is 1. The first-order valence-corrected chi connectivity index (χ1v) is 11.1. The van der Waals surface area contributed by atoms with Gasteiger partial charge >= 0.3 is 18.1 Å². The molecular formula is C26H23ClF3NO4. The third kappa shape index (κ3) is 7.56. The van der Waals surface area contributed by atoms with Crippen LogP contribution in [0.5, 0.6) is 0 Å². The quantitative estimate of drug-likeness (QED) is 0.266.